The lowest BCUT2D eigenvalue weighted by Crippen LogP contribution is -2.52. The predicted octanol–water partition coefficient (Wildman–Crippen LogP) is 3.67. The first-order chi connectivity index (χ1) is 16.2. The number of amides is 1. The first-order valence-electron chi connectivity index (χ1n) is 11.1. The van der Waals surface area contributed by atoms with Crippen LogP contribution in [0.2, 0.25) is 4.34 Å². The molecule has 12 heteroatoms. The van der Waals surface area contributed by atoms with Crippen LogP contribution in [0.25, 0.3) is 10.9 Å². The Kier molecular flexibility index (Phi) is 5.97. The average Bonchev–Trinajstić information content (AvgIpc) is 3.46. The second-order valence-electron chi connectivity index (χ2n) is 9.21. The minimum Gasteiger partial charge on any atom is -0.448 e. The number of thiophene rings is 1. The zero-order chi connectivity index (χ0) is 24.1. The number of hydrogen-bond donors (Lipinski definition) is 1. The highest BCUT2D eigenvalue weighted by atomic mass is 35.5. The summed E-state index contributed by atoms with van der Waals surface area (Å²) in [5, 5.41) is 13.2. The number of halogens is 3. The Morgan fingerprint density at radius 3 is 2.79 bits per heavy atom. The molecule has 182 valence electrons. The average molecular weight is 513 g/mol. The maximum absolute atomic E-state index is 14.1. The third kappa shape index (κ3) is 4.36. The lowest BCUT2D eigenvalue weighted by Gasteiger charge is -2.42. The maximum atomic E-state index is 14.1. The zero-order valence-electron chi connectivity index (χ0n) is 18.1. The summed E-state index contributed by atoms with van der Waals surface area (Å²) in [7, 11) is 0. The summed E-state index contributed by atoms with van der Waals surface area (Å²) in [5.74, 6) is -4.15. The summed E-state index contributed by atoms with van der Waals surface area (Å²) >= 11 is 7.28. The van der Waals surface area contributed by atoms with Crippen LogP contribution in [0.4, 0.5) is 8.78 Å². The highest BCUT2D eigenvalue weighted by molar-refractivity contribution is 7.16. The van der Waals surface area contributed by atoms with Crippen molar-refractivity contribution >= 4 is 39.7 Å². The molecule has 1 saturated carbocycles. The minimum atomic E-state index is -2.86. The van der Waals surface area contributed by atoms with Crippen molar-refractivity contribution in [2.24, 2.45) is 5.92 Å². The molecule has 34 heavy (non-hydrogen) atoms. The molecule has 3 aromatic heterocycles. The molecule has 5 rings (SSSR count). The molecule has 2 atom stereocenters. The van der Waals surface area contributed by atoms with E-state index >= 15 is 0 Å². The molecule has 3 aromatic rings. The van der Waals surface area contributed by atoms with Crippen molar-refractivity contribution in [1.82, 2.24) is 19.4 Å². The van der Waals surface area contributed by atoms with Crippen LogP contribution in [0.3, 0.4) is 0 Å². The molecule has 0 unspecified atom stereocenters. The fourth-order valence-electron chi connectivity index (χ4n) is 5.04. The van der Waals surface area contributed by atoms with Crippen molar-refractivity contribution in [3.05, 3.63) is 44.7 Å². The molecule has 1 saturated heterocycles. The molecule has 0 bridgehead atoms. The fraction of sp³-hybridized carbons (Fsp3) is 0.545. The lowest BCUT2D eigenvalue weighted by molar-refractivity contribution is -0.146. The first kappa shape index (κ1) is 23.4. The van der Waals surface area contributed by atoms with Gasteiger partial charge in [0.2, 0.25) is 11.8 Å². The van der Waals surface area contributed by atoms with E-state index in [2.05, 4.69) is 9.97 Å². The Bertz CT molecular complexity index is 1250. The molecular weight excluding hydrogens is 490 g/mol. The van der Waals surface area contributed by atoms with E-state index in [1.807, 2.05) is 0 Å². The number of oxazole rings is 1. The Hall–Kier alpha value is -2.37. The Balaban J connectivity index is 1.27. The molecule has 8 nitrogen and oxygen atoms in total. The summed E-state index contributed by atoms with van der Waals surface area (Å²) in [6, 6.07) is 0. The summed E-state index contributed by atoms with van der Waals surface area (Å²) < 4.78 is 35.3. The molecule has 0 spiro atoms. The number of nitrogens with zero attached hydrogens (tertiary/aromatic N) is 4. The van der Waals surface area contributed by atoms with Gasteiger partial charge in [-0.15, -0.1) is 11.3 Å². The Morgan fingerprint density at radius 1 is 1.32 bits per heavy atom. The van der Waals surface area contributed by atoms with E-state index in [4.69, 9.17) is 16.0 Å². The van der Waals surface area contributed by atoms with Gasteiger partial charge in [-0.2, -0.15) is 0 Å². The van der Waals surface area contributed by atoms with E-state index in [-0.39, 0.29) is 56.8 Å². The number of fused-ring (bicyclic) bond motifs is 1. The number of alkyl halides is 2. The quantitative estimate of drug-likeness (QED) is 0.572. The number of hydrogen-bond acceptors (Lipinski definition) is 7. The highest BCUT2D eigenvalue weighted by Gasteiger charge is 2.47. The first-order valence-corrected chi connectivity index (χ1v) is 12.3. The topological polar surface area (TPSA) is 101 Å². The smallest absolute Gasteiger partial charge is 0.262 e. The molecular formula is C22H23ClF2N4O4S. The van der Waals surface area contributed by atoms with Crippen LogP contribution in [0.5, 0.6) is 0 Å². The van der Waals surface area contributed by atoms with E-state index in [0.717, 1.165) is 0 Å². The van der Waals surface area contributed by atoms with Gasteiger partial charge in [0, 0.05) is 43.1 Å². The summed E-state index contributed by atoms with van der Waals surface area (Å²) in [6.45, 7) is 0.570. The number of aromatic nitrogens is 3. The van der Waals surface area contributed by atoms with Gasteiger partial charge in [0.25, 0.3) is 5.56 Å². The second kappa shape index (κ2) is 8.69. The molecule has 1 aliphatic carbocycles. The van der Waals surface area contributed by atoms with Gasteiger partial charge >= 0.3 is 0 Å². The number of piperidine rings is 1. The van der Waals surface area contributed by atoms with Crippen LogP contribution < -0.4 is 5.56 Å². The molecule has 1 aliphatic heterocycles. The van der Waals surface area contributed by atoms with Crippen molar-refractivity contribution in [2.75, 3.05) is 13.1 Å². The van der Waals surface area contributed by atoms with Gasteiger partial charge in [-0.05, 0) is 19.3 Å². The van der Waals surface area contributed by atoms with E-state index in [0.29, 0.717) is 21.0 Å². The molecule has 0 aromatic carbocycles. The highest BCUT2D eigenvalue weighted by Crippen LogP contribution is 2.46. The van der Waals surface area contributed by atoms with Crippen molar-refractivity contribution in [1.29, 1.82) is 0 Å². The van der Waals surface area contributed by atoms with Gasteiger partial charge in [-0.25, -0.2) is 18.7 Å². The Labute approximate surface area is 202 Å². The predicted molar refractivity (Wildman–Crippen MR) is 121 cm³/mol. The minimum absolute atomic E-state index is 0.0423. The van der Waals surface area contributed by atoms with Crippen molar-refractivity contribution in [3.63, 3.8) is 0 Å². The van der Waals surface area contributed by atoms with Crippen LogP contribution in [-0.4, -0.2) is 55.1 Å². The summed E-state index contributed by atoms with van der Waals surface area (Å²) in [5.41, 5.74) is -1.03. The second-order valence-corrected chi connectivity index (χ2v) is 10.7. The number of rotatable bonds is 4. The number of aliphatic hydroxyl groups is 1. The van der Waals surface area contributed by atoms with E-state index in [1.54, 1.807) is 10.3 Å². The van der Waals surface area contributed by atoms with Gasteiger partial charge in [-0.1, -0.05) is 11.6 Å². The van der Waals surface area contributed by atoms with Crippen LogP contribution in [-0.2, 0) is 11.3 Å². The monoisotopic (exact) mass is 512 g/mol. The number of likely N-dealkylation sites (tertiary alicyclic amines) is 1. The zero-order valence-corrected chi connectivity index (χ0v) is 19.7. The molecule has 2 aliphatic rings. The molecule has 2 fully saturated rings. The molecule has 0 radical (unpaired) electrons. The van der Waals surface area contributed by atoms with Crippen LogP contribution >= 0.6 is 22.9 Å². The van der Waals surface area contributed by atoms with Crippen LogP contribution in [0, 0.1) is 5.92 Å². The third-order valence-corrected chi connectivity index (χ3v) is 8.17. The fourth-order valence-corrected chi connectivity index (χ4v) is 6.03. The van der Waals surface area contributed by atoms with Crippen LogP contribution in [0.1, 0.15) is 43.8 Å². The van der Waals surface area contributed by atoms with E-state index in [1.165, 1.54) is 34.8 Å². The van der Waals surface area contributed by atoms with Gasteiger partial charge in [0.15, 0.2) is 6.39 Å². The molecule has 1 N–H and O–H groups in total. The number of carbonyl (C=O) groups excluding carboxylic acids is 1. The number of carbonyl (C=O) groups is 1. The van der Waals surface area contributed by atoms with Gasteiger partial charge < -0.3 is 14.4 Å². The van der Waals surface area contributed by atoms with Gasteiger partial charge in [-0.3, -0.25) is 14.2 Å². The van der Waals surface area contributed by atoms with Crippen LogP contribution in [0.15, 0.2) is 33.5 Å². The molecule has 4 heterocycles. The maximum Gasteiger partial charge on any atom is 0.262 e. The van der Waals surface area contributed by atoms with Crippen molar-refractivity contribution < 1.29 is 23.1 Å². The van der Waals surface area contributed by atoms with E-state index < -0.39 is 29.8 Å². The summed E-state index contributed by atoms with van der Waals surface area (Å²) in [4.78, 5) is 35.7. The lowest BCUT2D eigenvalue weighted by atomic mass is 9.75. The van der Waals surface area contributed by atoms with Gasteiger partial charge in [0.05, 0.1) is 30.1 Å². The summed E-state index contributed by atoms with van der Waals surface area (Å²) in [6.07, 6.45) is 3.71. The van der Waals surface area contributed by atoms with E-state index in [9.17, 15) is 23.5 Å². The molecule has 1 amide bonds. The normalized spacial score (nSPS) is 24.4. The largest absolute Gasteiger partial charge is 0.448 e. The third-order valence-electron chi connectivity index (χ3n) is 6.97. The van der Waals surface area contributed by atoms with Crippen molar-refractivity contribution in [3.8, 4) is 0 Å². The SMILES string of the molecule is O=C([C@@H]1CCC(F)(F)C[C@H]1c1cnco1)N1CCC(O)(Cn2cnc3c(Cl)scc3c2=O)CC1. The van der Waals surface area contributed by atoms with Crippen molar-refractivity contribution in [2.45, 2.75) is 56.1 Å². The Morgan fingerprint density at radius 2 is 2.09 bits per heavy atom. The standard InChI is InChI=1S/C22H23ClF2N4O4S/c23-18-17-15(9-34-18)20(31)29(11-27-17)10-21(32)3-5-28(6-4-21)19(30)13-1-2-22(24,25)7-14(13)16-8-26-12-33-16/h8-9,11-14,32H,1-7,10H2/t13-,14-/m1/s1. The van der Waals surface area contributed by atoms with Gasteiger partial charge in [0.1, 0.15) is 15.6 Å².